The lowest BCUT2D eigenvalue weighted by atomic mass is 9.98. The van der Waals surface area contributed by atoms with Gasteiger partial charge in [-0.2, -0.15) is 0 Å². The van der Waals surface area contributed by atoms with Gasteiger partial charge in [-0.05, 0) is 36.8 Å². The van der Waals surface area contributed by atoms with Gasteiger partial charge in [-0.25, -0.2) is 0 Å². The van der Waals surface area contributed by atoms with E-state index in [-0.39, 0.29) is 11.9 Å². The van der Waals surface area contributed by atoms with Crippen molar-refractivity contribution in [1.82, 2.24) is 4.90 Å². The van der Waals surface area contributed by atoms with Gasteiger partial charge >= 0.3 is 0 Å². The van der Waals surface area contributed by atoms with E-state index in [9.17, 15) is 4.79 Å². The number of hydrogen-bond acceptors (Lipinski definition) is 3. The van der Waals surface area contributed by atoms with E-state index >= 15 is 0 Å². The summed E-state index contributed by atoms with van der Waals surface area (Å²) in [5.41, 5.74) is 6.77. The number of ether oxygens (including phenoxy) is 1. The molecule has 3 rings (SSSR count). The van der Waals surface area contributed by atoms with Gasteiger partial charge in [-0.1, -0.05) is 12.1 Å². The Labute approximate surface area is 113 Å². The number of nitrogens with zero attached hydrogens (tertiary/aromatic N) is 1. The highest BCUT2D eigenvalue weighted by Crippen LogP contribution is 2.38. The van der Waals surface area contributed by atoms with Gasteiger partial charge < -0.3 is 15.4 Å². The first-order chi connectivity index (χ1) is 9.20. The van der Waals surface area contributed by atoms with Crippen LogP contribution >= 0.6 is 0 Å². The van der Waals surface area contributed by atoms with Gasteiger partial charge in [-0.15, -0.1) is 0 Å². The van der Waals surface area contributed by atoms with Crippen molar-refractivity contribution < 1.29 is 9.53 Å². The summed E-state index contributed by atoms with van der Waals surface area (Å²) in [6.07, 6.45) is 2.26. The number of fused-ring (bicyclic) bond motifs is 1. The highest BCUT2D eigenvalue weighted by molar-refractivity contribution is 5.97. The number of carbonyl (C=O) groups is 1. The molecule has 1 saturated carbocycles. The minimum absolute atomic E-state index is 0.0686. The molecule has 1 aliphatic heterocycles. The predicted octanol–water partition coefficient (Wildman–Crippen LogP) is 1.50. The molecule has 102 valence electrons. The van der Waals surface area contributed by atoms with Gasteiger partial charge in [0, 0.05) is 19.1 Å². The Balaban J connectivity index is 1.78. The third kappa shape index (κ3) is 2.10. The average Bonchev–Trinajstić information content (AvgIpc) is 3.00. The highest BCUT2D eigenvalue weighted by atomic mass is 16.5. The van der Waals surface area contributed by atoms with Crippen molar-refractivity contribution in [3.05, 3.63) is 29.8 Å². The van der Waals surface area contributed by atoms with Crippen LogP contribution in [0.2, 0.25) is 0 Å². The molecule has 0 bridgehead atoms. The summed E-state index contributed by atoms with van der Waals surface area (Å²) in [4.78, 5) is 14.5. The first kappa shape index (κ1) is 12.5. The second kappa shape index (κ2) is 4.85. The molecule has 2 aliphatic rings. The molecule has 0 radical (unpaired) electrons. The topological polar surface area (TPSA) is 55.6 Å². The molecule has 0 aromatic heterocycles. The van der Waals surface area contributed by atoms with Crippen LogP contribution in [0.25, 0.3) is 0 Å². The quantitative estimate of drug-likeness (QED) is 0.877. The monoisotopic (exact) mass is 260 g/mol. The maximum atomic E-state index is 12.6. The van der Waals surface area contributed by atoms with E-state index < -0.39 is 0 Å². The van der Waals surface area contributed by atoms with Crippen LogP contribution in [0.15, 0.2) is 24.3 Å². The minimum atomic E-state index is 0.0686. The van der Waals surface area contributed by atoms with Crippen LogP contribution in [0.5, 0.6) is 5.75 Å². The molecular formula is C15H20N2O2. The fourth-order valence-electron chi connectivity index (χ4n) is 3.46. The molecule has 1 aliphatic carbocycles. The van der Waals surface area contributed by atoms with Gasteiger partial charge in [-0.3, -0.25) is 4.79 Å². The van der Waals surface area contributed by atoms with E-state index in [0.717, 1.165) is 25.9 Å². The van der Waals surface area contributed by atoms with E-state index in [1.165, 1.54) is 0 Å². The standard InChI is InChI=1S/C15H20N2O2/c1-19-14-5-3-2-4-11(14)15(18)17-8-10-6-7-13(16)12(10)9-17/h2-5,10,12-13H,6-9,16H2,1H3. The summed E-state index contributed by atoms with van der Waals surface area (Å²) in [5, 5.41) is 0. The maximum Gasteiger partial charge on any atom is 0.257 e. The summed E-state index contributed by atoms with van der Waals surface area (Å²) >= 11 is 0. The molecule has 3 atom stereocenters. The van der Waals surface area contributed by atoms with Crippen LogP contribution < -0.4 is 10.5 Å². The molecule has 3 unspecified atom stereocenters. The van der Waals surface area contributed by atoms with E-state index in [4.69, 9.17) is 10.5 Å². The maximum absolute atomic E-state index is 12.6. The van der Waals surface area contributed by atoms with Crippen LogP contribution in [-0.4, -0.2) is 37.0 Å². The Morgan fingerprint density at radius 3 is 2.84 bits per heavy atom. The summed E-state index contributed by atoms with van der Waals surface area (Å²) in [7, 11) is 1.60. The van der Waals surface area contributed by atoms with Crippen LogP contribution in [0.3, 0.4) is 0 Å². The van der Waals surface area contributed by atoms with Crippen molar-refractivity contribution in [2.45, 2.75) is 18.9 Å². The van der Waals surface area contributed by atoms with E-state index in [2.05, 4.69) is 0 Å². The Hall–Kier alpha value is -1.55. The molecule has 1 saturated heterocycles. The predicted molar refractivity (Wildman–Crippen MR) is 73.1 cm³/mol. The molecule has 19 heavy (non-hydrogen) atoms. The Kier molecular flexibility index (Phi) is 3.19. The molecule has 2 N–H and O–H groups in total. The zero-order valence-corrected chi connectivity index (χ0v) is 11.2. The lowest BCUT2D eigenvalue weighted by Crippen LogP contribution is -2.33. The number of methoxy groups -OCH3 is 1. The van der Waals surface area contributed by atoms with Gasteiger partial charge in [0.1, 0.15) is 5.75 Å². The molecule has 2 fully saturated rings. The number of benzene rings is 1. The molecule has 4 nitrogen and oxygen atoms in total. The molecule has 0 spiro atoms. The number of rotatable bonds is 2. The number of likely N-dealkylation sites (tertiary alicyclic amines) is 1. The number of amides is 1. The lowest BCUT2D eigenvalue weighted by Gasteiger charge is -2.20. The third-order valence-corrected chi connectivity index (χ3v) is 4.54. The first-order valence-corrected chi connectivity index (χ1v) is 6.88. The van der Waals surface area contributed by atoms with Gasteiger partial charge in [0.2, 0.25) is 0 Å². The van der Waals surface area contributed by atoms with Crippen LogP contribution in [0.1, 0.15) is 23.2 Å². The number of hydrogen-bond donors (Lipinski definition) is 1. The summed E-state index contributed by atoms with van der Waals surface area (Å²) in [6.45, 7) is 1.64. The van der Waals surface area contributed by atoms with E-state index in [0.29, 0.717) is 23.1 Å². The highest BCUT2D eigenvalue weighted by Gasteiger charge is 2.42. The van der Waals surface area contributed by atoms with E-state index in [1.807, 2.05) is 29.2 Å². The van der Waals surface area contributed by atoms with Crippen molar-refractivity contribution in [3.63, 3.8) is 0 Å². The zero-order valence-electron chi connectivity index (χ0n) is 11.2. The first-order valence-electron chi connectivity index (χ1n) is 6.88. The lowest BCUT2D eigenvalue weighted by molar-refractivity contribution is 0.0776. The minimum Gasteiger partial charge on any atom is -0.496 e. The zero-order chi connectivity index (χ0) is 13.4. The summed E-state index contributed by atoms with van der Waals surface area (Å²) in [5.74, 6) is 1.79. The van der Waals surface area contributed by atoms with Gasteiger partial charge in [0.15, 0.2) is 0 Å². The second-order valence-electron chi connectivity index (χ2n) is 5.58. The van der Waals surface area contributed by atoms with Gasteiger partial charge in [0.25, 0.3) is 5.91 Å². The SMILES string of the molecule is COc1ccccc1C(=O)N1CC2CCC(N)C2C1. The molecule has 1 heterocycles. The van der Waals surface area contributed by atoms with Crippen LogP contribution in [-0.2, 0) is 0 Å². The van der Waals surface area contributed by atoms with Gasteiger partial charge in [0.05, 0.1) is 12.7 Å². The molecule has 4 heteroatoms. The Bertz CT molecular complexity index is 489. The van der Waals surface area contributed by atoms with Crippen molar-refractivity contribution in [2.24, 2.45) is 17.6 Å². The van der Waals surface area contributed by atoms with Crippen molar-refractivity contribution in [2.75, 3.05) is 20.2 Å². The average molecular weight is 260 g/mol. The Morgan fingerprint density at radius 1 is 1.32 bits per heavy atom. The molecular weight excluding hydrogens is 240 g/mol. The third-order valence-electron chi connectivity index (χ3n) is 4.54. The fraction of sp³-hybridized carbons (Fsp3) is 0.533. The van der Waals surface area contributed by atoms with Crippen LogP contribution in [0.4, 0.5) is 0 Å². The number of carbonyl (C=O) groups excluding carboxylic acids is 1. The van der Waals surface area contributed by atoms with Crippen molar-refractivity contribution >= 4 is 5.91 Å². The van der Waals surface area contributed by atoms with Crippen molar-refractivity contribution in [3.8, 4) is 5.75 Å². The van der Waals surface area contributed by atoms with E-state index in [1.54, 1.807) is 7.11 Å². The molecule has 1 amide bonds. The summed E-state index contributed by atoms with van der Waals surface area (Å²) < 4.78 is 5.27. The van der Waals surface area contributed by atoms with Crippen molar-refractivity contribution in [1.29, 1.82) is 0 Å². The largest absolute Gasteiger partial charge is 0.496 e. The molecule has 1 aromatic rings. The smallest absolute Gasteiger partial charge is 0.257 e. The Morgan fingerprint density at radius 2 is 2.11 bits per heavy atom. The summed E-state index contributed by atoms with van der Waals surface area (Å²) in [6, 6.07) is 7.67. The second-order valence-corrected chi connectivity index (χ2v) is 5.58. The molecule has 1 aromatic carbocycles. The normalized spacial score (nSPS) is 29.4. The number of nitrogens with two attached hydrogens (primary N) is 1. The fourth-order valence-corrected chi connectivity index (χ4v) is 3.46. The van der Waals surface area contributed by atoms with Crippen LogP contribution in [0, 0.1) is 11.8 Å². The number of para-hydroxylation sites is 1.